The van der Waals surface area contributed by atoms with Crippen molar-refractivity contribution in [1.29, 1.82) is 0 Å². The average Bonchev–Trinajstić information content (AvgIpc) is 2.53. The summed E-state index contributed by atoms with van der Waals surface area (Å²) in [5, 5.41) is 10.4. The van der Waals surface area contributed by atoms with E-state index in [9.17, 15) is 19.1 Å². The fraction of sp³-hybridized carbons (Fsp3) is 0.125. The molecule has 120 valence electrons. The number of aliphatic hydroxyl groups is 1. The lowest BCUT2D eigenvalue weighted by Crippen LogP contribution is -2.42. The highest BCUT2D eigenvalue weighted by Crippen LogP contribution is 2.17. The maximum Gasteiger partial charge on any atom is 0.269 e. The van der Waals surface area contributed by atoms with E-state index in [0.717, 1.165) is 6.07 Å². The summed E-state index contributed by atoms with van der Waals surface area (Å²) in [6.07, 6.45) is -1.48. The number of hydrazine groups is 1. The van der Waals surface area contributed by atoms with Crippen LogP contribution in [0.4, 0.5) is 4.39 Å². The molecule has 1 atom stereocenters. The quantitative estimate of drug-likeness (QED) is 0.750. The number of aliphatic hydroxyl groups excluding tert-OH is 1. The fourth-order valence-corrected chi connectivity index (χ4v) is 1.98. The van der Waals surface area contributed by atoms with Gasteiger partial charge >= 0.3 is 0 Å². The molecule has 2 aromatic rings. The molecule has 23 heavy (non-hydrogen) atoms. The van der Waals surface area contributed by atoms with Crippen LogP contribution in [0.1, 0.15) is 28.4 Å². The normalized spacial score (nSPS) is 11.6. The minimum atomic E-state index is -1.17. The van der Waals surface area contributed by atoms with Gasteiger partial charge in [-0.3, -0.25) is 20.4 Å². The largest absolute Gasteiger partial charge is 0.388 e. The number of nitrogens with one attached hydrogen (secondary N) is 2. The van der Waals surface area contributed by atoms with Crippen LogP contribution >= 0.6 is 11.6 Å². The van der Waals surface area contributed by atoms with Gasteiger partial charge < -0.3 is 5.11 Å². The number of hydrogen-bond donors (Lipinski definition) is 3. The van der Waals surface area contributed by atoms with E-state index in [2.05, 4.69) is 10.9 Å². The van der Waals surface area contributed by atoms with Gasteiger partial charge in [-0.15, -0.1) is 0 Å². The molecule has 0 fully saturated rings. The molecule has 2 amide bonds. The first-order valence-corrected chi connectivity index (χ1v) is 7.12. The van der Waals surface area contributed by atoms with E-state index in [-0.39, 0.29) is 12.0 Å². The summed E-state index contributed by atoms with van der Waals surface area (Å²) in [6, 6.07) is 11.4. The first kappa shape index (κ1) is 16.9. The molecule has 0 aromatic heterocycles. The Morgan fingerprint density at radius 3 is 2.48 bits per heavy atom. The summed E-state index contributed by atoms with van der Waals surface area (Å²) in [4.78, 5) is 23.5. The van der Waals surface area contributed by atoms with Crippen molar-refractivity contribution < 1.29 is 19.1 Å². The highest BCUT2D eigenvalue weighted by atomic mass is 35.5. The van der Waals surface area contributed by atoms with Gasteiger partial charge in [0, 0.05) is 10.6 Å². The molecule has 7 heteroatoms. The first-order chi connectivity index (χ1) is 11.0. The van der Waals surface area contributed by atoms with Crippen LogP contribution in [-0.4, -0.2) is 16.9 Å². The maximum absolute atomic E-state index is 13.1. The van der Waals surface area contributed by atoms with E-state index in [1.54, 1.807) is 12.1 Å². The fourth-order valence-electron chi connectivity index (χ4n) is 1.86. The Hall–Kier alpha value is -2.44. The lowest BCUT2D eigenvalue weighted by atomic mass is 10.1. The van der Waals surface area contributed by atoms with Crippen molar-refractivity contribution >= 4 is 23.4 Å². The lowest BCUT2D eigenvalue weighted by molar-refractivity contribution is -0.123. The number of rotatable bonds is 4. The van der Waals surface area contributed by atoms with Crippen LogP contribution in [0.3, 0.4) is 0 Å². The van der Waals surface area contributed by atoms with Gasteiger partial charge in [0.1, 0.15) is 5.82 Å². The number of amides is 2. The van der Waals surface area contributed by atoms with Crippen LogP contribution in [-0.2, 0) is 4.79 Å². The molecule has 3 N–H and O–H groups in total. The molecular formula is C16H14ClFN2O3. The Morgan fingerprint density at radius 1 is 1.13 bits per heavy atom. The van der Waals surface area contributed by atoms with E-state index in [4.69, 9.17) is 11.6 Å². The lowest BCUT2D eigenvalue weighted by Gasteiger charge is -2.12. The number of hydrogen-bond acceptors (Lipinski definition) is 3. The van der Waals surface area contributed by atoms with Crippen LogP contribution in [0.15, 0.2) is 48.5 Å². The molecule has 0 heterocycles. The standard InChI is InChI=1S/C16H14ClFN2O3/c17-12-6-4-10(5-7-12)16(23)20-19-15(22)9-14(21)11-2-1-3-13(18)8-11/h1-8,14,21H,9H2,(H,19,22)(H,20,23). The van der Waals surface area contributed by atoms with Crippen LogP contribution in [0.25, 0.3) is 0 Å². The number of carbonyl (C=O) groups is 2. The van der Waals surface area contributed by atoms with Crippen molar-refractivity contribution in [1.82, 2.24) is 10.9 Å². The first-order valence-electron chi connectivity index (χ1n) is 6.74. The van der Waals surface area contributed by atoms with Crippen molar-refractivity contribution in [3.05, 3.63) is 70.5 Å². The van der Waals surface area contributed by atoms with E-state index in [1.807, 2.05) is 0 Å². The van der Waals surface area contributed by atoms with Crippen molar-refractivity contribution in [2.75, 3.05) is 0 Å². The second kappa shape index (κ2) is 7.71. The molecule has 0 aliphatic heterocycles. The molecule has 0 saturated carbocycles. The Labute approximate surface area is 137 Å². The van der Waals surface area contributed by atoms with Gasteiger partial charge in [-0.25, -0.2) is 4.39 Å². The highest BCUT2D eigenvalue weighted by molar-refractivity contribution is 6.30. The highest BCUT2D eigenvalue weighted by Gasteiger charge is 2.14. The van der Waals surface area contributed by atoms with E-state index in [1.165, 1.54) is 30.3 Å². The summed E-state index contributed by atoms with van der Waals surface area (Å²) in [6.45, 7) is 0. The third-order valence-electron chi connectivity index (χ3n) is 3.03. The van der Waals surface area contributed by atoms with Gasteiger partial charge in [-0.2, -0.15) is 0 Å². The van der Waals surface area contributed by atoms with Gasteiger partial charge in [0.2, 0.25) is 5.91 Å². The molecule has 0 spiro atoms. The molecule has 0 saturated heterocycles. The maximum atomic E-state index is 13.1. The zero-order valence-electron chi connectivity index (χ0n) is 11.9. The van der Waals surface area contributed by atoms with E-state index in [0.29, 0.717) is 10.6 Å². The molecule has 2 aromatic carbocycles. The smallest absolute Gasteiger partial charge is 0.269 e. The predicted molar refractivity (Wildman–Crippen MR) is 83.0 cm³/mol. The Bertz CT molecular complexity index is 707. The monoisotopic (exact) mass is 336 g/mol. The summed E-state index contributed by atoms with van der Waals surface area (Å²) < 4.78 is 13.1. The minimum Gasteiger partial charge on any atom is -0.388 e. The third kappa shape index (κ3) is 5.05. The molecule has 0 radical (unpaired) electrons. The van der Waals surface area contributed by atoms with Crippen LogP contribution in [0.5, 0.6) is 0 Å². The number of carbonyl (C=O) groups excluding carboxylic acids is 2. The minimum absolute atomic E-state index is 0.282. The molecule has 2 rings (SSSR count). The van der Waals surface area contributed by atoms with Crippen molar-refractivity contribution in [3.63, 3.8) is 0 Å². The summed E-state index contributed by atoms with van der Waals surface area (Å²) in [5.74, 6) is -1.63. The molecular weight excluding hydrogens is 323 g/mol. The summed E-state index contributed by atoms with van der Waals surface area (Å²) >= 11 is 5.71. The predicted octanol–water partition coefficient (Wildman–Crippen LogP) is 2.36. The van der Waals surface area contributed by atoms with Crippen molar-refractivity contribution in [3.8, 4) is 0 Å². The molecule has 1 unspecified atom stereocenters. The Balaban J connectivity index is 1.85. The number of halogens is 2. The van der Waals surface area contributed by atoms with Crippen molar-refractivity contribution in [2.45, 2.75) is 12.5 Å². The van der Waals surface area contributed by atoms with E-state index < -0.39 is 23.7 Å². The molecule has 0 aliphatic rings. The summed E-state index contributed by atoms with van der Waals surface area (Å²) in [5.41, 5.74) is 5.01. The SMILES string of the molecule is O=C(CC(O)c1cccc(F)c1)NNC(=O)c1ccc(Cl)cc1. The van der Waals surface area contributed by atoms with Gasteiger partial charge in [-0.1, -0.05) is 23.7 Å². The topological polar surface area (TPSA) is 78.4 Å². The third-order valence-corrected chi connectivity index (χ3v) is 3.29. The average molecular weight is 337 g/mol. The van der Waals surface area contributed by atoms with Crippen LogP contribution in [0.2, 0.25) is 5.02 Å². The van der Waals surface area contributed by atoms with Crippen LogP contribution in [0, 0.1) is 5.82 Å². The van der Waals surface area contributed by atoms with Crippen LogP contribution < -0.4 is 10.9 Å². The van der Waals surface area contributed by atoms with Gasteiger partial charge in [0.05, 0.1) is 12.5 Å². The Morgan fingerprint density at radius 2 is 1.83 bits per heavy atom. The molecule has 0 aliphatic carbocycles. The molecule has 0 bridgehead atoms. The second-order valence-corrected chi connectivity index (χ2v) is 5.22. The zero-order chi connectivity index (χ0) is 16.8. The second-order valence-electron chi connectivity index (χ2n) is 4.78. The Kier molecular flexibility index (Phi) is 5.67. The zero-order valence-corrected chi connectivity index (χ0v) is 12.7. The number of benzene rings is 2. The van der Waals surface area contributed by atoms with Gasteiger partial charge in [0.15, 0.2) is 0 Å². The van der Waals surface area contributed by atoms with Crippen molar-refractivity contribution in [2.24, 2.45) is 0 Å². The van der Waals surface area contributed by atoms with Gasteiger partial charge in [-0.05, 0) is 42.0 Å². The molecule has 5 nitrogen and oxygen atoms in total. The summed E-state index contributed by atoms with van der Waals surface area (Å²) in [7, 11) is 0. The van der Waals surface area contributed by atoms with Gasteiger partial charge in [0.25, 0.3) is 5.91 Å². The van der Waals surface area contributed by atoms with E-state index >= 15 is 0 Å².